The summed E-state index contributed by atoms with van der Waals surface area (Å²) in [5.41, 5.74) is 3.69. The first-order chi connectivity index (χ1) is 10.1. The van der Waals surface area contributed by atoms with Gasteiger partial charge < -0.3 is 5.11 Å². The van der Waals surface area contributed by atoms with Gasteiger partial charge in [0.05, 0.1) is 16.8 Å². The Morgan fingerprint density at radius 1 is 1.29 bits per heavy atom. The molecule has 0 spiro atoms. The first-order valence-corrected chi connectivity index (χ1v) is 7.83. The molecule has 3 aromatic rings. The molecule has 0 saturated heterocycles. The molecule has 4 rings (SSSR count). The Morgan fingerprint density at radius 3 is 2.95 bits per heavy atom. The highest BCUT2D eigenvalue weighted by molar-refractivity contribution is 7.10. The van der Waals surface area contributed by atoms with Crippen molar-refractivity contribution in [1.82, 2.24) is 4.98 Å². The number of carboxylic acids is 1. The van der Waals surface area contributed by atoms with Gasteiger partial charge in [-0.25, -0.2) is 9.78 Å². The van der Waals surface area contributed by atoms with Gasteiger partial charge >= 0.3 is 5.97 Å². The van der Waals surface area contributed by atoms with Crippen molar-refractivity contribution in [2.75, 3.05) is 0 Å². The minimum atomic E-state index is -0.903. The Balaban J connectivity index is 2.16. The van der Waals surface area contributed by atoms with E-state index in [0.29, 0.717) is 21.5 Å². The maximum absolute atomic E-state index is 11.8. The van der Waals surface area contributed by atoms with Gasteiger partial charge in [-0.05, 0) is 42.0 Å². The topological polar surface area (TPSA) is 50.2 Å². The van der Waals surface area contributed by atoms with Gasteiger partial charge in [0.1, 0.15) is 0 Å². The molecule has 5 heteroatoms. The molecule has 2 heterocycles. The summed E-state index contributed by atoms with van der Waals surface area (Å²) in [4.78, 5) is 17.7. The van der Waals surface area contributed by atoms with Crippen molar-refractivity contribution in [3.8, 4) is 11.3 Å². The van der Waals surface area contributed by atoms with Crippen molar-refractivity contribution in [2.24, 2.45) is 0 Å². The van der Waals surface area contributed by atoms with E-state index in [2.05, 4.69) is 0 Å². The number of aromatic nitrogens is 1. The molecule has 0 amide bonds. The Kier molecular flexibility index (Phi) is 2.77. The fourth-order valence-corrected chi connectivity index (χ4v) is 4.02. The Labute approximate surface area is 129 Å². The van der Waals surface area contributed by atoms with Gasteiger partial charge in [0.15, 0.2) is 0 Å². The minimum absolute atomic E-state index is 0.364. The van der Waals surface area contributed by atoms with Crippen LogP contribution in [0, 0.1) is 0 Å². The number of fused-ring (bicyclic) bond motifs is 4. The minimum Gasteiger partial charge on any atom is -0.478 e. The molecule has 1 aromatic carbocycles. The van der Waals surface area contributed by atoms with E-state index >= 15 is 0 Å². The second kappa shape index (κ2) is 4.55. The Bertz CT molecular complexity index is 901. The maximum atomic E-state index is 11.8. The molecule has 0 aliphatic heterocycles. The van der Waals surface area contributed by atoms with Crippen LogP contribution >= 0.6 is 22.9 Å². The van der Waals surface area contributed by atoms with Crippen molar-refractivity contribution < 1.29 is 9.90 Å². The summed E-state index contributed by atoms with van der Waals surface area (Å²) in [6, 6.07) is 7.21. The van der Waals surface area contributed by atoms with Crippen LogP contribution in [0.25, 0.3) is 22.2 Å². The Morgan fingerprint density at radius 2 is 2.14 bits per heavy atom. The van der Waals surface area contributed by atoms with Gasteiger partial charge in [0.2, 0.25) is 0 Å². The van der Waals surface area contributed by atoms with Crippen molar-refractivity contribution >= 4 is 39.8 Å². The molecule has 0 saturated carbocycles. The maximum Gasteiger partial charge on any atom is 0.336 e. The van der Waals surface area contributed by atoms with E-state index in [1.165, 1.54) is 4.88 Å². The smallest absolute Gasteiger partial charge is 0.336 e. The highest BCUT2D eigenvalue weighted by Crippen LogP contribution is 2.39. The van der Waals surface area contributed by atoms with Crippen molar-refractivity contribution in [1.29, 1.82) is 0 Å². The molecule has 1 aliphatic carbocycles. The Hall–Kier alpha value is -1.91. The van der Waals surface area contributed by atoms with Gasteiger partial charge in [-0.2, -0.15) is 0 Å². The summed E-state index contributed by atoms with van der Waals surface area (Å²) in [5, 5.41) is 12.9. The van der Waals surface area contributed by atoms with E-state index in [1.54, 1.807) is 29.5 Å². The van der Waals surface area contributed by atoms with Gasteiger partial charge in [-0.15, -0.1) is 11.3 Å². The zero-order valence-electron chi connectivity index (χ0n) is 10.9. The van der Waals surface area contributed by atoms with Gasteiger partial charge in [0, 0.05) is 20.8 Å². The summed E-state index contributed by atoms with van der Waals surface area (Å²) in [5.74, 6) is -0.903. The molecule has 21 heavy (non-hydrogen) atoms. The third-order valence-corrected chi connectivity index (χ3v) is 5.08. The van der Waals surface area contributed by atoms with Crippen molar-refractivity contribution in [2.45, 2.75) is 12.8 Å². The van der Waals surface area contributed by atoms with Crippen LogP contribution in [0.15, 0.2) is 29.6 Å². The van der Waals surface area contributed by atoms with E-state index in [0.717, 1.165) is 29.7 Å². The summed E-state index contributed by atoms with van der Waals surface area (Å²) in [6.07, 6.45) is 1.59. The van der Waals surface area contributed by atoms with Crippen LogP contribution in [0.3, 0.4) is 0 Å². The van der Waals surface area contributed by atoms with E-state index in [9.17, 15) is 9.90 Å². The van der Waals surface area contributed by atoms with Crippen molar-refractivity contribution in [3.63, 3.8) is 0 Å². The average Bonchev–Trinajstić information content (AvgIpc) is 2.93. The van der Waals surface area contributed by atoms with E-state index in [1.807, 2.05) is 11.4 Å². The third-order valence-electron chi connectivity index (χ3n) is 3.87. The molecule has 0 fully saturated rings. The molecule has 3 nitrogen and oxygen atoms in total. The predicted octanol–water partition coefficient (Wildman–Crippen LogP) is 4.41. The molecule has 0 radical (unpaired) electrons. The summed E-state index contributed by atoms with van der Waals surface area (Å²) in [7, 11) is 0. The quantitative estimate of drug-likeness (QED) is 0.723. The molecule has 1 N–H and O–H groups in total. The molecule has 0 atom stereocenters. The third kappa shape index (κ3) is 1.87. The van der Waals surface area contributed by atoms with Gasteiger partial charge in [-0.1, -0.05) is 17.7 Å². The SMILES string of the molecule is O=C(O)c1c2c(nc3cc(Cl)ccc13)-c1ccsc1CC2. The number of benzene rings is 1. The number of nitrogens with zero attached hydrogens (tertiary/aromatic N) is 1. The lowest BCUT2D eigenvalue weighted by Crippen LogP contribution is -2.12. The van der Waals surface area contributed by atoms with Crippen LogP contribution in [0.4, 0.5) is 0 Å². The van der Waals surface area contributed by atoms with E-state index < -0.39 is 5.97 Å². The number of rotatable bonds is 1. The van der Waals surface area contributed by atoms with Crippen LogP contribution in [-0.4, -0.2) is 16.1 Å². The molecule has 0 bridgehead atoms. The zero-order chi connectivity index (χ0) is 14.6. The second-order valence-electron chi connectivity index (χ2n) is 5.04. The lowest BCUT2D eigenvalue weighted by atomic mass is 9.89. The fourth-order valence-electron chi connectivity index (χ4n) is 2.97. The summed E-state index contributed by atoms with van der Waals surface area (Å²) < 4.78 is 0. The monoisotopic (exact) mass is 315 g/mol. The lowest BCUT2D eigenvalue weighted by Gasteiger charge is -2.19. The number of hydrogen-bond acceptors (Lipinski definition) is 3. The molecule has 104 valence electrons. The average molecular weight is 316 g/mol. The fraction of sp³-hybridized carbons (Fsp3) is 0.125. The number of aromatic carboxylic acids is 1. The van der Waals surface area contributed by atoms with Crippen LogP contribution < -0.4 is 0 Å². The predicted molar refractivity (Wildman–Crippen MR) is 84.4 cm³/mol. The van der Waals surface area contributed by atoms with E-state index in [4.69, 9.17) is 16.6 Å². The number of halogens is 1. The molecule has 0 unspecified atom stereocenters. The number of hydrogen-bond donors (Lipinski definition) is 1. The van der Waals surface area contributed by atoms with Crippen LogP contribution in [0.5, 0.6) is 0 Å². The highest BCUT2D eigenvalue weighted by Gasteiger charge is 2.26. The molecule has 2 aromatic heterocycles. The largest absolute Gasteiger partial charge is 0.478 e. The number of pyridine rings is 1. The second-order valence-corrected chi connectivity index (χ2v) is 6.48. The van der Waals surface area contributed by atoms with E-state index in [-0.39, 0.29) is 0 Å². The number of thiophene rings is 1. The lowest BCUT2D eigenvalue weighted by molar-refractivity contribution is 0.0698. The van der Waals surface area contributed by atoms with Gasteiger partial charge in [0.25, 0.3) is 0 Å². The van der Waals surface area contributed by atoms with Crippen LogP contribution in [0.2, 0.25) is 5.02 Å². The zero-order valence-corrected chi connectivity index (χ0v) is 12.5. The molecular formula is C16H10ClNO2S. The van der Waals surface area contributed by atoms with Crippen molar-refractivity contribution in [3.05, 3.63) is 50.7 Å². The van der Waals surface area contributed by atoms with Gasteiger partial charge in [-0.3, -0.25) is 0 Å². The normalized spacial score (nSPS) is 13.0. The first-order valence-electron chi connectivity index (χ1n) is 6.57. The molecule has 1 aliphatic rings. The standard InChI is InChI=1S/C16H10ClNO2S/c17-8-1-2-9-12(7-8)18-15-10-5-6-21-13(10)4-3-11(15)14(9)16(19)20/h1-2,5-7H,3-4H2,(H,19,20). The summed E-state index contributed by atoms with van der Waals surface area (Å²) in [6.45, 7) is 0. The first kappa shape index (κ1) is 12.8. The van der Waals surface area contributed by atoms with Crippen LogP contribution in [0.1, 0.15) is 20.8 Å². The number of aryl methyl sites for hydroxylation is 1. The number of carboxylic acid groups (broad SMARTS) is 1. The molecular weight excluding hydrogens is 306 g/mol. The van der Waals surface area contributed by atoms with Crippen LogP contribution in [-0.2, 0) is 12.8 Å². The summed E-state index contributed by atoms with van der Waals surface area (Å²) >= 11 is 7.73. The highest BCUT2D eigenvalue weighted by atomic mass is 35.5. The number of carbonyl (C=O) groups is 1.